The molecular weight excluding hydrogens is 416 g/mol. The molecule has 8 heteroatoms. The minimum atomic E-state index is -3.44. The summed E-state index contributed by atoms with van der Waals surface area (Å²) < 4.78 is 34.6. The predicted molar refractivity (Wildman–Crippen MR) is 119 cm³/mol. The number of methoxy groups -OCH3 is 2. The number of hydrogen-bond donors (Lipinski definition) is 1. The Morgan fingerprint density at radius 1 is 1.16 bits per heavy atom. The van der Waals surface area contributed by atoms with Crippen LogP contribution in [0.5, 0.6) is 11.5 Å². The fraction of sp³-hybridized carbons (Fsp3) is 0.348. The lowest BCUT2D eigenvalue weighted by Crippen LogP contribution is -2.43. The van der Waals surface area contributed by atoms with Gasteiger partial charge in [0.25, 0.3) is 0 Å². The molecule has 164 valence electrons. The number of fused-ring (bicyclic) bond motifs is 2. The Kier molecular flexibility index (Phi) is 5.66. The van der Waals surface area contributed by atoms with Gasteiger partial charge >= 0.3 is 0 Å². The summed E-state index contributed by atoms with van der Waals surface area (Å²) in [6.45, 7) is 0.448. The third-order valence-electron chi connectivity index (χ3n) is 5.80. The summed E-state index contributed by atoms with van der Waals surface area (Å²) in [7, 11) is -0.262. The van der Waals surface area contributed by atoms with Gasteiger partial charge in [-0.1, -0.05) is 18.2 Å². The predicted octanol–water partition coefficient (Wildman–Crippen LogP) is 2.90. The van der Waals surface area contributed by atoms with Gasteiger partial charge in [0, 0.05) is 29.9 Å². The zero-order valence-electron chi connectivity index (χ0n) is 17.8. The van der Waals surface area contributed by atoms with Gasteiger partial charge in [0.2, 0.25) is 5.91 Å². The fourth-order valence-corrected chi connectivity index (χ4v) is 4.98. The van der Waals surface area contributed by atoms with Gasteiger partial charge in [-0.2, -0.15) is 0 Å². The average Bonchev–Trinajstić information content (AvgIpc) is 3.14. The van der Waals surface area contributed by atoms with Crippen LogP contribution in [0, 0.1) is 0 Å². The second-order valence-electron chi connectivity index (χ2n) is 7.89. The molecule has 31 heavy (non-hydrogen) atoms. The third-order valence-corrected chi connectivity index (χ3v) is 6.57. The molecule has 1 aliphatic rings. The van der Waals surface area contributed by atoms with E-state index in [4.69, 9.17) is 9.47 Å². The van der Waals surface area contributed by atoms with Crippen molar-refractivity contribution in [2.45, 2.75) is 18.9 Å². The second kappa shape index (κ2) is 8.26. The molecule has 3 aromatic rings. The first-order chi connectivity index (χ1) is 14.8. The number of aromatic nitrogens is 1. The van der Waals surface area contributed by atoms with E-state index in [0.29, 0.717) is 30.9 Å². The molecule has 2 aromatic carbocycles. The van der Waals surface area contributed by atoms with Crippen molar-refractivity contribution in [3.63, 3.8) is 0 Å². The van der Waals surface area contributed by atoms with Crippen LogP contribution < -0.4 is 9.47 Å². The molecule has 0 saturated carbocycles. The largest absolute Gasteiger partial charge is 0.493 e. The molecule has 1 atom stereocenters. The number of H-pyrrole nitrogens is 1. The fourth-order valence-electron chi connectivity index (χ4n) is 4.36. The van der Waals surface area contributed by atoms with Crippen LogP contribution in [0.3, 0.4) is 0 Å². The summed E-state index contributed by atoms with van der Waals surface area (Å²) in [6, 6.07) is 11.6. The van der Waals surface area contributed by atoms with Gasteiger partial charge in [-0.25, -0.2) is 8.42 Å². The maximum Gasteiger partial charge on any atom is 0.238 e. The second-order valence-corrected chi connectivity index (χ2v) is 10.0. The van der Waals surface area contributed by atoms with Crippen LogP contribution in [-0.2, 0) is 27.5 Å². The van der Waals surface area contributed by atoms with Crippen molar-refractivity contribution >= 4 is 26.6 Å². The van der Waals surface area contributed by atoms with Crippen molar-refractivity contribution in [3.8, 4) is 11.5 Å². The number of sulfone groups is 1. The van der Waals surface area contributed by atoms with E-state index in [9.17, 15) is 13.2 Å². The molecule has 0 radical (unpaired) electrons. The highest BCUT2D eigenvalue weighted by atomic mass is 32.2. The van der Waals surface area contributed by atoms with E-state index in [-0.39, 0.29) is 11.9 Å². The Bertz CT molecular complexity index is 1230. The SMILES string of the molecule is COc1cc2c(cc1OC)[C@H](Cc1c[nH]c3ccccc13)N(C(=O)CS(C)(=O)=O)CC2. The first-order valence-corrected chi connectivity index (χ1v) is 12.1. The topological polar surface area (TPSA) is 88.7 Å². The van der Waals surface area contributed by atoms with Crippen LogP contribution in [0.1, 0.15) is 22.7 Å². The van der Waals surface area contributed by atoms with Crippen LogP contribution >= 0.6 is 0 Å². The molecule has 1 aliphatic heterocycles. The number of aromatic amines is 1. The van der Waals surface area contributed by atoms with Gasteiger partial charge in [-0.05, 0) is 47.7 Å². The normalized spacial score (nSPS) is 16.2. The van der Waals surface area contributed by atoms with Gasteiger partial charge < -0.3 is 19.4 Å². The lowest BCUT2D eigenvalue weighted by Gasteiger charge is -2.38. The summed E-state index contributed by atoms with van der Waals surface area (Å²) >= 11 is 0. The summed E-state index contributed by atoms with van der Waals surface area (Å²) in [5.74, 6) is 0.346. The molecule has 0 fully saturated rings. The summed E-state index contributed by atoms with van der Waals surface area (Å²) in [5, 5.41) is 1.09. The summed E-state index contributed by atoms with van der Waals surface area (Å²) in [6.07, 6.45) is 4.22. The summed E-state index contributed by atoms with van der Waals surface area (Å²) in [5.41, 5.74) is 4.12. The molecular formula is C23H26N2O5S. The van der Waals surface area contributed by atoms with Crippen molar-refractivity contribution in [2.24, 2.45) is 0 Å². The van der Waals surface area contributed by atoms with E-state index in [1.54, 1.807) is 19.1 Å². The number of amides is 1. The minimum absolute atomic E-state index is 0.308. The van der Waals surface area contributed by atoms with Gasteiger partial charge in [-0.3, -0.25) is 4.79 Å². The maximum absolute atomic E-state index is 13.0. The smallest absolute Gasteiger partial charge is 0.238 e. The highest BCUT2D eigenvalue weighted by Crippen LogP contribution is 2.40. The van der Waals surface area contributed by atoms with E-state index in [1.807, 2.05) is 42.6 Å². The lowest BCUT2D eigenvalue weighted by molar-refractivity contribution is -0.131. The Balaban J connectivity index is 1.79. The van der Waals surface area contributed by atoms with Crippen LogP contribution in [-0.4, -0.2) is 57.0 Å². The van der Waals surface area contributed by atoms with E-state index in [2.05, 4.69) is 4.98 Å². The molecule has 7 nitrogen and oxygen atoms in total. The molecule has 0 spiro atoms. The molecule has 0 aliphatic carbocycles. The third kappa shape index (κ3) is 4.25. The van der Waals surface area contributed by atoms with Crippen molar-refractivity contribution < 1.29 is 22.7 Å². The number of nitrogens with one attached hydrogen (secondary N) is 1. The highest BCUT2D eigenvalue weighted by molar-refractivity contribution is 7.91. The Labute approximate surface area is 181 Å². The van der Waals surface area contributed by atoms with E-state index in [1.165, 1.54) is 0 Å². The van der Waals surface area contributed by atoms with Crippen molar-refractivity contribution in [3.05, 3.63) is 59.3 Å². The van der Waals surface area contributed by atoms with E-state index < -0.39 is 15.6 Å². The number of para-hydroxylation sites is 1. The van der Waals surface area contributed by atoms with Gasteiger partial charge in [0.1, 0.15) is 5.75 Å². The average molecular weight is 443 g/mol. The van der Waals surface area contributed by atoms with Gasteiger partial charge in [0.15, 0.2) is 21.3 Å². The Morgan fingerprint density at radius 3 is 2.58 bits per heavy atom. The van der Waals surface area contributed by atoms with Gasteiger partial charge in [-0.15, -0.1) is 0 Å². The molecule has 2 heterocycles. The first-order valence-electron chi connectivity index (χ1n) is 10.1. The molecule has 0 bridgehead atoms. The minimum Gasteiger partial charge on any atom is -0.493 e. The number of benzene rings is 2. The standard InChI is InChI=1S/C23H26N2O5S/c1-29-21-11-15-8-9-25(23(26)14-31(3,27)28)20(18(15)12-22(21)30-2)10-16-13-24-19-7-5-4-6-17(16)19/h4-7,11-13,20,24H,8-10,14H2,1-3H3/t20-/m0/s1. The zero-order chi connectivity index (χ0) is 22.2. The molecule has 4 rings (SSSR count). The van der Waals surface area contributed by atoms with Crippen LogP contribution in [0.4, 0.5) is 0 Å². The monoisotopic (exact) mass is 442 g/mol. The molecule has 1 amide bonds. The number of nitrogens with zero attached hydrogens (tertiary/aromatic N) is 1. The quantitative estimate of drug-likeness (QED) is 0.634. The van der Waals surface area contributed by atoms with Crippen molar-refractivity contribution in [1.82, 2.24) is 9.88 Å². The number of rotatable bonds is 6. The lowest BCUT2D eigenvalue weighted by atomic mass is 9.88. The Hall–Kier alpha value is -3.00. The molecule has 1 N–H and O–H groups in total. The van der Waals surface area contributed by atoms with Crippen molar-refractivity contribution in [2.75, 3.05) is 32.8 Å². The molecule has 1 aromatic heterocycles. The van der Waals surface area contributed by atoms with Crippen molar-refractivity contribution in [1.29, 1.82) is 0 Å². The number of carbonyl (C=O) groups excluding carboxylic acids is 1. The van der Waals surface area contributed by atoms with Crippen LogP contribution in [0.15, 0.2) is 42.6 Å². The Morgan fingerprint density at radius 2 is 1.87 bits per heavy atom. The van der Waals surface area contributed by atoms with Crippen LogP contribution in [0.25, 0.3) is 10.9 Å². The van der Waals surface area contributed by atoms with E-state index in [0.717, 1.165) is 33.8 Å². The summed E-state index contributed by atoms with van der Waals surface area (Å²) in [4.78, 5) is 18.0. The zero-order valence-corrected chi connectivity index (χ0v) is 18.7. The molecule has 0 unspecified atom stereocenters. The molecule has 0 saturated heterocycles. The number of carbonyl (C=O) groups is 1. The maximum atomic E-state index is 13.0. The van der Waals surface area contributed by atoms with Crippen LogP contribution in [0.2, 0.25) is 0 Å². The van der Waals surface area contributed by atoms with Gasteiger partial charge in [0.05, 0.1) is 20.3 Å². The number of ether oxygens (including phenoxy) is 2. The van der Waals surface area contributed by atoms with E-state index >= 15 is 0 Å². The highest BCUT2D eigenvalue weighted by Gasteiger charge is 2.33. The number of hydrogen-bond acceptors (Lipinski definition) is 5. The first kappa shape index (κ1) is 21.2.